The highest BCUT2D eigenvalue weighted by molar-refractivity contribution is 6.05. The molecule has 0 saturated heterocycles. The Bertz CT molecular complexity index is 844. The number of hydrogen-bond donors (Lipinski definition) is 0. The van der Waals surface area contributed by atoms with Crippen LogP contribution in [0.5, 0.6) is 5.75 Å². The van der Waals surface area contributed by atoms with E-state index in [1.54, 1.807) is 20.1 Å². The second-order valence-electron chi connectivity index (χ2n) is 5.02. The van der Waals surface area contributed by atoms with Crippen molar-refractivity contribution in [3.05, 3.63) is 60.2 Å². The van der Waals surface area contributed by atoms with Gasteiger partial charge in [0.2, 0.25) is 0 Å². The van der Waals surface area contributed by atoms with Gasteiger partial charge < -0.3 is 9.47 Å². The largest absolute Gasteiger partial charge is 0.497 e. The highest BCUT2D eigenvalue weighted by atomic mass is 16.5. The molecule has 0 aliphatic heterocycles. The minimum Gasteiger partial charge on any atom is -0.497 e. The molecule has 0 bridgehead atoms. The highest BCUT2D eigenvalue weighted by Crippen LogP contribution is 2.28. The Hall–Kier alpha value is -2.88. The molecule has 0 unspecified atom stereocenters. The van der Waals surface area contributed by atoms with Crippen molar-refractivity contribution >= 4 is 16.9 Å². The molecular weight excluding hydrogens is 290 g/mol. The number of carbonyl (C=O) groups excluding carboxylic acids is 1. The van der Waals surface area contributed by atoms with Crippen LogP contribution >= 0.6 is 0 Å². The number of benzene rings is 2. The number of methoxy groups -OCH3 is 1. The van der Waals surface area contributed by atoms with Gasteiger partial charge in [-0.25, -0.2) is 9.78 Å². The summed E-state index contributed by atoms with van der Waals surface area (Å²) in [7, 11) is 1.59. The maximum absolute atomic E-state index is 12.4. The Morgan fingerprint density at radius 2 is 1.87 bits per heavy atom. The van der Waals surface area contributed by atoms with Crippen molar-refractivity contribution in [2.24, 2.45) is 0 Å². The maximum Gasteiger partial charge on any atom is 0.338 e. The van der Waals surface area contributed by atoms with Crippen LogP contribution in [0.1, 0.15) is 17.3 Å². The molecule has 0 amide bonds. The Morgan fingerprint density at radius 1 is 1.09 bits per heavy atom. The lowest BCUT2D eigenvalue weighted by molar-refractivity contribution is 0.0528. The number of nitrogens with zero attached hydrogens (tertiary/aromatic N) is 1. The van der Waals surface area contributed by atoms with Crippen LogP contribution in [-0.4, -0.2) is 24.7 Å². The van der Waals surface area contributed by atoms with Crippen molar-refractivity contribution in [3.63, 3.8) is 0 Å². The van der Waals surface area contributed by atoms with Gasteiger partial charge in [-0.2, -0.15) is 0 Å². The summed E-state index contributed by atoms with van der Waals surface area (Å²) in [6, 6.07) is 17.0. The van der Waals surface area contributed by atoms with E-state index in [0.29, 0.717) is 17.9 Å². The van der Waals surface area contributed by atoms with E-state index in [0.717, 1.165) is 22.2 Å². The van der Waals surface area contributed by atoms with Crippen LogP contribution in [-0.2, 0) is 4.74 Å². The molecule has 0 aliphatic rings. The zero-order valence-electron chi connectivity index (χ0n) is 13.1. The van der Waals surface area contributed by atoms with Gasteiger partial charge in [0.05, 0.1) is 30.5 Å². The number of hydrogen-bond acceptors (Lipinski definition) is 4. The molecule has 0 aliphatic carbocycles. The third kappa shape index (κ3) is 3.01. The molecule has 1 heterocycles. The van der Waals surface area contributed by atoms with E-state index in [1.165, 1.54) is 0 Å². The standard InChI is InChI=1S/C19H17NO3/c1-3-23-19(21)16-12-18(13-7-5-4-6-8-13)20-17-10-9-14(22-2)11-15(16)17/h4-12H,3H2,1-2H3. The van der Waals surface area contributed by atoms with Crippen molar-refractivity contribution in [1.29, 1.82) is 0 Å². The van der Waals surface area contributed by atoms with Gasteiger partial charge in [-0.15, -0.1) is 0 Å². The van der Waals surface area contributed by atoms with Gasteiger partial charge in [0, 0.05) is 10.9 Å². The molecular formula is C19H17NO3. The van der Waals surface area contributed by atoms with Crippen molar-refractivity contribution in [2.75, 3.05) is 13.7 Å². The summed E-state index contributed by atoms with van der Waals surface area (Å²) in [4.78, 5) is 17.0. The Labute approximate surface area is 134 Å². The van der Waals surface area contributed by atoms with E-state index >= 15 is 0 Å². The molecule has 0 spiro atoms. The van der Waals surface area contributed by atoms with E-state index in [9.17, 15) is 4.79 Å². The summed E-state index contributed by atoms with van der Waals surface area (Å²) in [5.74, 6) is 0.322. The first-order chi connectivity index (χ1) is 11.2. The molecule has 116 valence electrons. The van der Waals surface area contributed by atoms with E-state index in [4.69, 9.17) is 9.47 Å². The molecule has 23 heavy (non-hydrogen) atoms. The third-order valence-electron chi connectivity index (χ3n) is 3.58. The summed E-state index contributed by atoms with van der Waals surface area (Å²) < 4.78 is 10.4. The Morgan fingerprint density at radius 3 is 2.57 bits per heavy atom. The fourth-order valence-electron chi connectivity index (χ4n) is 2.47. The molecule has 3 rings (SSSR count). The monoisotopic (exact) mass is 307 g/mol. The molecule has 0 atom stereocenters. The minimum absolute atomic E-state index is 0.327. The van der Waals surface area contributed by atoms with Crippen molar-refractivity contribution in [2.45, 2.75) is 6.92 Å². The van der Waals surface area contributed by atoms with Gasteiger partial charge in [0.15, 0.2) is 0 Å². The molecule has 4 heteroatoms. The summed E-state index contributed by atoms with van der Waals surface area (Å²) in [5.41, 5.74) is 2.92. The fraction of sp³-hybridized carbons (Fsp3) is 0.158. The number of esters is 1. The number of fused-ring (bicyclic) bond motifs is 1. The third-order valence-corrected chi connectivity index (χ3v) is 3.58. The zero-order chi connectivity index (χ0) is 16.2. The second kappa shape index (κ2) is 6.48. The lowest BCUT2D eigenvalue weighted by Gasteiger charge is -2.10. The normalized spacial score (nSPS) is 10.5. The lowest BCUT2D eigenvalue weighted by atomic mass is 10.0. The summed E-state index contributed by atoms with van der Waals surface area (Å²) in [6.07, 6.45) is 0. The van der Waals surface area contributed by atoms with Crippen LogP contribution in [0.25, 0.3) is 22.2 Å². The number of carbonyl (C=O) groups is 1. The predicted octanol–water partition coefficient (Wildman–Crippen LogP) is 4.09. The van der Waals surface area contributed by atoms with E-state index in [-0.39, 0.29) is 5.97 Å². The molecule has 3 aromatic rings. The predicted molar refractivity (Wildman–Crippen MR) is 89.7 cm³/mol. The minimum atomic E-state index is -0.356. The first-order valence-electron chi connectivity index (χ1n) is 7.44. The van der Waals surface area contributed by atoms with Gasteiger partial charge in [-0.3, -0.25) is 0 Å². The van der Waals surface area contributed by atoms with E-state index in [1.807, 2.05) is 48.5 Å². The molecule has 0 fully saturated rings. The van der Waals surface area contributed by atoms with E-state index in [2.05, 4.69) is 4.98 Å². The van der Waals surface area contributed by atoms with Crippen LogP contribution in [0.3, 0.4) is 0 Å². The average Bonchev–Trinajstić information content (AvgIpc) is 2.61. The van der Waals surface area contributed by atoms with Gasteiger partial charge in [0.25, 0.3) is 0 Å². The highest BCUT2D eigenvalue weighted by Gasteiger charge is 2.15. The van der Waals surface area contributed by atoms with E-state index < -0.39 is 0 Å². The summed E-state index contributed by atoms with van der Waals surface area (Å²) in [5, 5.41) is 0.725. The first-order valence-corrected chi connectivity index (χ1v) is 7.44. The lowest BCUT2D eigenvalue weighted by Crippen LogP contribution is -2.06. The van der Waals surface area contributed by atoms with Crippen molar-refractivity contribution < 1.29 is 14.3 Å². The average molecular weight is 307 g/mol. The quantitative estimate of drug-likeness (QED) is 0.681. The molecule has 0 N–H and O–H groups in total. The topological polar surface area (TPSA) is 48.4 Å². The first kappa shape index (κ1) is 15.0. The van der Waals surface area contributed by atoms with Gasteiger partial charge >= 0.3 is 5.97 Å². The molecule has 0 radical (unpaired) electrons. The molecule has 4 nitrogen and oxygen atoms in total. The number of pyridine rings is 1. The van der Waals surface area contributed by atoms with Crippen molar-refractivity contribution in [1.82, 2.24) is 4.98 Å². The Balaban J connectivity index is 2.24. The number of ether oxygens (including phenoxy) is 2. The van der Waals surface area contributed by atoms with Gasteiger partial charge in [-0.1, -0.05) is 30.3 Å². The molecule has 0 saturated carbocycles. The van der Waals surface area contributed by atoms with Crippen LogP contribution in [0.15, 0.2) is 54.6 Å². The van der Waals surface area contributed by atoms with Crippen LogP contribution < -0.4 is 4.74 Å². The van der Waals surface area contributed by atoms with Crippen LogP contribution in [0.4, 0.5) is 0 Å². The summed E-state index contributed by atoms with van der Waals surface area (Å²) >= 11 is 0. The summed E-state index contributed by atoms with van der Waals surface area (Å²) in [6.45, 7) is 2.12. The zero-order valence-corrected chi connectivity index (χ0v) is 13.1. The smallest absolute Gasteiger partial charge is 0.338 e. The second-order valence-corrected chi connectivity index (χ2v) is 5.02. The van der Waals surface area contributed by atoms with Gasteiger partial charge in [0.1, 0.15) is 5.75 Å². The van der Waals surface area contributed by atoms with Crippen LogP contribution in [0.2, 0.25) is 0 Å². The number of rotatable bonds is 4. The number of aromatic nitrogens is 1. The SMILES string of the molecule is CCOC(=O)c1cc(-c2ccccc2)nc2ccc(OC)cc12. The van der Waals surface area contributed by atoms with Crippen LogP contribution in [0, 0.1) is 0 Å². The van der Waals surface area contributed by atoms with Gasteiger partial charge in [-0.05, 0) is 31.2 Å². The van der Waals surface area contributed by atoms with Crippen molar-refractivity contribution in [3.8, 4) is 17.0 Å². The molecule has 1 aromatic heterocycles. The fourth-order valence-corrected chi connectivity index (χ4v) is 2.47. The molecule has 2 aromatic carbocycles. The maximum atomic E-state index is 12.4. The Kier molecular flexibility index (Phi) is 4.24.